The first-order chi connectivity index (χ1) is 7.90. The molecule has 1 nitrogen and oxygen atoms in total. The van der Waals surface area contributed by atoms with Crippen LogP contribution in [0.1, 0.15) is 12.0 Å². The fourth-order valence-corrected chi connectivity index (χ4v) is 2.72. The number of pyridine rings is 1. The topological polar surface area (TPSA) is 12.9 Å². The van der Waals surface area contributed by atoms with Gasteiger partial charge in [0.25, 0.3) is 0 Å². The summed E-state index contributed by atoms with van der Waals surface area (Å²) in [5.74, 6) is 2.90. The van der Waals surface area contributed by atoms with Crippen molar-refractivity contribution in [3.63, 3.8) is 0 Å². The number of rotatable bonds is 5. The van der Waals surface area contributed by atoms with Crippen LogP contribution in [0.5, 0.6) is 0 Å². The lowest BCUT2D eigenvalue weighted by atomic mass is 10.2. The van der Waals surface area contributed by atoms with E-state index in [9.17, 15) is 0 Å². The minimum absolute atomic E-state index is 0.753. The van der Waals surface area contributed by atoms with Gasteiger partial charge >= 0.3 is 0 Å². The molecule has 1 aromatic heterocycles. The highest BCUT2D eigenvalue weighted by atomic mass is 35.5. The van der Waals surface area contributed by atoms with Crippen LogP contribution < -0.4 is 0 Å². The van der Waals surface area contributed by atoms with E-state index in [1.807, 2.05) is 30.1 Å². The number of hydrogen-bond donors (Lipinski definition) is 0. The van der Waals surface area contributed by atoms with Crippen LogP contribution >= 0.6 is 23.4 Å². The fraction of sp³-hybridized carbons (Fsp3) is 0.308. The van der Waals surface area contributed by atoms with Gasteiger partial charge in [-0.15, -0.1) is 11.6 Å². The third kappa shape index (κ3) is 3.13. The number of hydrogen-bond acceptors (Lipinski definition) is 2. The molecule has 0 N–H and O–H groups in total. The van der Waals surface area contributed by atoms with Crippen LogP contribution in [-0.4, -0.2) is 16.6 Å². The Kier molecular flexibility index (Phi) is 4.49. The molecule has 0 aliphatic carbocycles. The predicted molar refractivity (Wildman–Crippen MR) is 73.2 cm³/mol. The summed E-state index contributed by atoms with van der Waals surface area (Å²) in [6, 6.07) is 10.4. The van der Waals surface area contributed by atoms with Crippen LogP contribution in [0.4, 0.5) is 0 Å². The van der Waals surface area contributed by atoms with Crippen LogP contribution in [0, 0.1) is 0 Å². The molecule has 2 rings (SSSR count). The summed E-state index contributed by atoms with van der Waals surface area (Å²) in [7, 11) is 0. The quantitative estimate of drug-likeness (QED) is 0.586. The molecular weight excluding hydrogens is 238 g/mol. The summed E-state index contributed by atoms with van der Waals surface area (Å²) in [5.41, 5.74) is 2.36. The van der Waals surface area contributed by atoms with Gasteiger partial charge < -0.3 is 0 Å². The highest BCUT2D eigenvalue weighted by Crippen LogP contribution is 2.17. The molecule has 0 fully saturated rings. The third-order valence-corrected chi connectivity index (χ3v) is 3.72. The molecule has 0 spiro atoms. The van der Waals surface area contributed by atoms with E-state index in [2.05, 4.69) is 23.2 Å². The number of thioether (sulfide) groups is 1. The predicted octanol–water partition coefficient (Wildman–Crippen LogP) is 4.10. The number of fused-ring (bicyclic) bond motifs is 1. The van der Waals surface area contributed by atoms with Gasteiger partial charge in [-0.3, -0.25) is 4.98 Å². The zero-order valence-corrected chi connectivity index (χ0v) is 10.6. The summed E-state index contributed by atoms with van der Waals surface area (Å²) >= 11 is 7.55. The lowest BCUT2D eigenvalue weighted by Crippen LogP contribution is -1.87. The summed E-state index contributed by atoms with van der Waals surface area (Å²) in [4.78, 5) is 4.44. The first kappa shape index (κ1) is 11.7. The van der Waals surface area contributed by atoms with E-state index in [0.29, 0.717) is 0 Å². The Morgan fingerprint density at radius 3 is 3.00 bits per heavy atom. The van der Waals surface area contributed by atoms with Crippen LogP contribution in [0.2, 0.25) is 0 Å². The molecule has 0 radical (unpaired) electrons. The normalized spacial score (nSPS) is 10.8. The molecule has 1 aromatic carbocycles. The Balaban J connectivity index is 2.02. The van der Waals surface area contributed by atoms with E-state index < -0.39 is 0 Å². The van der Waals surface area contributed by atoms with E-state index in [1.54, 1.807) is 0 Å². The van der Waals surface area contributed by atoms with Crippen molar-refractivity contribution < 1.29 is 0 Å². The number of benzene rings is 1. The summed E-state index contributed by atoms with van der Waals surface area (Å²) < 4.78 is 0. The number of alkyl halides is 1. The zero-order valence-electron chi connectivity index (χ0n) is 9.03. The largest absolute Gasteiger partial charge is 0.256 e. The summed E-state index contributed by atoms with van der Waals surface area (Å²) in [5, 5.41) is 1.22. The Bertz CT molecular complexity index is 458. The maximum atomic E-state index is 5.64. The van der Waals surface area contributed by atoms with Crippen molar-refractivity contribution in [2.24, 2.45) is 0 Å². The molecule has 0 amide bonds. The van der Waals surface area contributed by atoms with Crippen molar-refractivity contribution in [2.45, 2.75) is 12.2 Å². The van der Waals surface area contributed by atoms with Crippen molar-refractivity contribution in [3.05, 3.63) is 42.1 Å². The van der Waals surface area contributed by atoms with Crippen molar-refractivity contribution in [3.8, 4) is 0 Å². The second-order valence-corrected chi connectivity index (χ2v) is 5.11. The summed E-state index contributed by atoms with van der Waals surface area (Å²) in [6.45, 7) is 0. The van der Waals surface area contributed by atoms with Gasteiger partial charge in [0.05, 0.1) is 5.52 Å². The molecular formula is C13H14ClNS. The Morgan fingerprint density at radius 1 is 1.25 bits per heavy atom. The van der Waals surface area contributed by atoms with Gasteiger partial charge in [0.1, 0.15) is 0 Å². The van der Waals surface area contributed by atoms with Gasteiger partial charge in [-0.2, -0.15) is 11.8 Å². The van der Waals surface area contributed by atoms with Crippen molar-refractivity contribution in [2.75, 3.05) is 11.6 Å². The molecule has 3 heteroatoms. The minimum Gasteiger partial charge on any atom is -0.256 e. The zero-order chi connectivity index (χ0) is 11.2. The van der Waals surface area contributed by atoms with E-state index in [-0.39, 0.29) is 0 Å². The molecule has 0 aliphatic rings. The number of para-hydroxylation sites is 1. The average molecular weight is 252 g/mol. The maximum Gasteiger partial charge on any atom is 0.0702 e. The van der Waals surface area contributed by atoms with Crippen molar-refractivity contribution >= 4 is 34.3 Å². The van der Waals surface area contributed by atoms with E-state index in [4.69, 9.17) is 11.6 Å². The second-order valence-electron chi connectivity index (χ2n) is 3.63. The molecule has 1 heterocycles. The van der Waals surface area contributed by atoms with E-state index >= 15 is 0 Å². The second kappa shape index (κ2) is 6.12. The van der Waals surface area contributed by atoms with Crippen LogP contribution in [0.25, 0.3) is 10.9 Å². The lowest BCUT2D eigenvalue weighted by molar-refractivity contribution is 1.11. The highest BCUT2D eigenvalue weighted by Gasteiger charge is 1.97. The van der Waals surface area contributed by atoms with Gasteiger partial charge in [-0.05, 0) is 29.9 Å². The maximum absolute atomic E-state index is 5.64. The number of nitrogens with zero attached hydrogens (tertiary/aromatic N) is 1. The van der Waals surface area contributed by atoms with E-state index in [1.165, 1.54) is 10.9 Å². The molecule has 0 unspecified atom stereocenters. The molecule has 0 saturated heterocycles. The SMILES string of the molecule is ClCCCSCc1cnc2ccccc2c1. The molecule has 16 heavy (non-hydrogen) atoms. The van der Waals surface area contributed by atoms with Gasteiger partial charge in [0, 0.05) is 23.2 Å². The molecule has 84 valence electrons. The van der Waals surface area contributed by atoms with Crippen molar-refractivity contribution in [1.82, 2.24) is 4.98 Å². The van der Waals surface area contributed by atoms with Crippen LogP contribution in [0.3, 0.4) is 0 Å². The average Bonchev–Trinajstić information content (AvgIpc) is 2.34. The van der Waals surface area contributed by atoms with Gasteiger partial charge in [-0.25, -0.2) is 0 Å². The lowest BCUT2D eigenvalue weighted by Gasteiger charge is -2.02. The Labute approximate surface area is 105 Å². The van der Waals surface area contributed by atoms with Crippen LogP contribution in [0.15, 0.2) is 36.5 Å². The number of aromatic nitrogens is 1. The molecule has 2 aromatic rings. The molecule has 0 bridgehead atoms. The van der Waals surface area contributed by atoms with Gasteiger partial charge in [0.2, 0.25) is 0 Å². The third-order valence-electron chi connectivity index (χ3n) is 2.34. The smallest absolute Gasteiger partial charge is 0.0702 e. The van der Waals surface area contributed by atoms with E-state index in [0.717, 1.165) is 29.3 Å². The first-order valence-corrected chi connectivity index (χ1v) is 7.06. The molecule has 0 saturated carbocycles. The van der Waals surface area contributed by atoms with Gasteiger partial charge in [0.15, 0.2) is 0 Å². The fourth-order valence-electron chi connectivity index (χ4n) is 1.54. The van der Waals surface area contributed by atoms with Gasteiger partial charge in [-0.1, -0.05) is 18.2 Å². The summed E-state index contributed by atoms with van der Waals surface area (Å²) in [6.07, 6.45) is 3.04. The first-order valence-electron chi connectivity index (χ1n) is 5.37. The molecule has 0 aliphatic heterocycles. The monoisotopic (exact) mass is 251 g/mol. The standard InChI is InChI=1S/C13H14ClNS/c14-6-3-7-16-10-11-8-12-4-1-2-5-13(12)15-9-11/h1-2,4-5,8-9H,3,6-7,10H2. The number of halogens is 1. The van der Waals surface area contributed by atoms with Crippen LogP contribution in [-0.2, 0) is 5.75 Å². The Morgan fingerprint density at radius 2 is 2.12 bits per heavy atom. The molecule has 0 atom stereocenters. The Hall–Kier alpha value is -0.730. The highest BCUT2D eigenvalue weighted by molar-refractivity contribution is 7.98. The van der Waals surface area contributed by atoms with Crippen molar-refractivity contribution in [1.29, 1.82) is 0 Å². The minimum atomic E-state index is 0.753.